The van der Waals surface area contributed by atoms with E-state index in [4.69, 9.17) is 19.3 Å². The average Bonchev–Trinajstić information content (AvgIpc) is 2.91. The van der Waals surface area contributed by atoms with Crippen molar-refractivity contribution in [1.29, 1.82) is 0 Å². The van der Waals surface area contributed by atoms with Gasteiger partial charge in [0, 0.05) is 19.5 Å². The van der Waals surface area contributed by atoms with Crippen molar-refractivity contribution in [2.75, 3.05) is 31.3 Å². The van der Waals surface area contributed by atoms with Crippen LogP contribution in [0.5, 0.6) is 11.5 Å². The highest BCUT2D eigenvalue weighted by Crippen LogP contribution is 2.37. The van der Waals surface area contributed by atoms with Crippen LogP contribution in [0.4, 0.5) is 10.1 Å². The molecule has 1 aliphatic heterocycles. The molecular formula is C30H34FNO5. The monoisotopic (exact) mass is 507 g/mol. The van der Waals surface area contributed by atoms with Crippen molar-refractivity contribution in [3.8, 4) is 11.5 Å². The summed E-state index contributed by atoms with van der Waals surface area (Å²) < 4.78 is 31.3. The maximum atomic E-state index is 14.6. The number of aliphatic hydroxyl groups excluding tert-OH is 1. The van der Waals surface area contributed by atoms with Crippen molar-refractivity contribution in [2.45, 2.75) is 45.8 Å². The second-order valence-electron chi connectivity index (χ2n) is 9.02. The molecule has 0 fully saturated rings. The van der Waals surface area contributed by atoms with Gasteiger partial charge < -0.3 is 24.2 Å². The first kappa shape index (κ1) is 26.5. The lowest BCUT2D eigenvalue weighted by Gasteiger charge is -2.33. The number of aliphatic hydroxyl groups is 1. The number of halogens is 1. The molecule has 0 unspecified atom stereocenters. The van der Waals surface area contributed by atoms with Crippen LogP contribution in [-0.2, 0) is 35.5 Å². The number of anilines is 1. The van der Waals surface area contributed by atoms with Gasteiger partial charge in [0.05, 0.1) is 18.9 Å². The minimum absolute atomic E-state index is 0.0125. The first-order valence-electron chi connectivity index (χ1n) is 12.8. The highest BCUT2D eigenvalue weighted by Gasteiger charge is 2.21. The van der Waals surface area contributed by atoms with Gasteiger partial charge in [0.1, 0.15) is 30.5 Å². The largest absolute Gasteiger partial charge is 0.491 e. The highest BCUT2D eigenvalue weighted by molar-refractivity contribution is 5.69. The SMILES string of the molecule is CCOC(=O)CCc1ccc(COc2cccc3c2N(Cc2ccc(OCCO)cc2)CCC3)cc1F. The van der Waals surface area contributed by atoms with Crippen molar-refractivity contribution < 1.29 is 28.5 Å². The number of fused-ring (bicyclic) bond motifs is 1. The Morgan fingerprint density at radius 3 is 2.62 bits per heavy atom. The van der Waals surface area contributed by atoms with E-state index in [1.165, 1.54) is 11.6 Å². The number of hydrogen-bond acceptors (Lipinski definition) is 6. The van der Waals surface area contributed by atoms with Gasteiger partial charge in [-0.2, -0.15) is 0 Å². The number of rotatable bonds is 12. The van der Waals surface area contributed by atoms with Gasteiger partial charge >= 0.3 is 5.97 Å². The van der Waals surface area contributed by atoms with Crippen LogP contribution < -0.4 is 14.4 Å². The molecule has 3 aromatic carbocycles. The molecule has 1 N–H and O–H groups in total. The number of nitrogens with zero attached hydrogens (tertiary/aromatic N) is 1. The van der Waals surface area contributed by atoms with Gasteiger partial charge in [0.15, 0.2) is 0 Å². The minimum atomic E-state index is -0.339. The van der Waals surface area contributed by atoms with Crippen molar-refractivity contribution in [1.82, 2.24) is 0 Å². The van der Waals surface area contributed by atoms with Gasteiger partial charge in [0.25, 0.3) is 0 Å². The van der Waals surface area contributed by atoms with Gasteiger partial charge in [-0.3, -0.25) is 4.79 Å². The molecule has 196 valence electrons. The number of hydrogen-bond donors (Lipinski definition) is 1. The van der Waals surface area contributed by atoms with Crippen LogP contribution in [0.2, 0.25) is 0 Å². The molecule has 1 aliphatic rings. The van der Waals surface area contributed by atoms with Crippen molar-refractivity contribution >= 4 is 11.7 Å². The molecule has 0 amide bonds. The fourth-order valence-electron chi connectivity index (χ4n) is 4.56. The summed E-state index contributed by atoms with van der Waals surface area (Å²) in [5.74, 6) is 0.860. The van der Waals surface area contributed by atoms with Crippen LogP contribution in [-0.4, -0.2) is 37.4 Å². The fraction of sp³-hybridized carbons (Fsp3) is 0.367. The Hall–Kier alpha value is -3.58. The minimum Gasteiger partial charge on any atom is -0.491 e. The Kier molecular flexibility index (Phi) is 9.38. The molecule has 0 atom stereocenters. The quantitative estimate of drug-likeness (QED) is 0.339. The van der Waals surface area contributed by atoms with Crippen LogP contribution in [0.3, 0.4) is 0 Å². The van der Waals surface area contributed by atoms with Crippen LogP contribution in [0.25, 0.3) is 0 Å². The molecular weight excluding hydrogens is 473 g/mol. The van der Waals surface area contributed by atoms with Crippen molar-refractivity contribution in [3.05, 3.63) is 88.7 Å². The molecule has 0 saturated carbocycles. The van der Waals surface area contributed by atoms with Crippen molar-refractivity contribution in [3.63, 3.8) is 0 Å². The molecule has 0 aromatic heterocycles. The number of ether oxygens (including phenoxy) is 3. The average molecular weight is 508 g/mol. The van der Waals surface area contributed by atoms with Gasteiger partial charge in [-0.15, -0.1) is 0 Å². The normalized spacial score (nSPS) is 12.7. The Labute approximate surface area is 217 Å². The Morgan fingerprint density at radius 2 is 1.86 bits per heavy atom. The predicted molar refractivity (Wildman–Crippen MR) is 141 cm³/mol. The maximum Gasteiger partial charge on any atom is 0.306 e. The summed E-state index contributed by atoms with van der Waals surface area (Å²) >= 11 is 0. The number of para-hydroxylation sites is 1. The van der Waals surface area contributed by atoms with E-state index in [0.29, 0.717) is 18.6 Å². The van der Waals surface area contributed by atoms with Crippen LogP contribution in [0, 0.1) is 5.82 Å². The standard InChI is InChI=1S/C30H34FNO5/c1-2-35-29(34)15-12-24-11-8-23(19-27(24)31)21-37-28-7-3-5-25-6-4-16-32(30(25)28)20-22-9-13-26(14-10-22)36-18-17-33/h3,5,7-11,13-14,19,33H,2,4,6,12,15-18,20-21H2,1H3. The summed E-state index contributed by atoms with van der Waals surface area (Å²) in [5, 5.41) is 8.94. The third-order valence-electron chi connectivity index (χ3n) is 6.35. The molecule has 3 aromatic rings. The van der Waals surface area contributed by atoms with Gasteiger partial charge in [-0.25, -0.2) is 4.39 Å². The first-order valence-corrected chi connectivity index (χ1v) is 12.8. The summed E-state index contributed by atoms with van der Waals surface area (Å²) in [5.41, 5.74) is 4.70. The molecule has 1 heterocycles. The Balaban J connectivity index is 1.42. The number of carbonyl (C=O) groups excluding carboxylic acids is 1. The lowest BCUT2D eigenvalue weighted by atomic mass is 10.00. The number of benzene rings is 3. The second kappa shape index (κ2) is 13.1. The van der Waals surface area contributed by atoms with Gasteiger partial charge in [-0.05, 0) is 72.7 Å². The van der Waals surface area contributed by atoms with E-state index in [0.717, 1.165) is 54.2 Å². The molecule has 37 heavy (non-hydrogen) atoms. The Bertz CT molecular complexity index is 1180. The van der Waals surface area contributed by atoms with Crippen LogP contribution in [0.1, 0.15) is 42.0 Å². The Morgan fingerprint density at radius 1 is 1.05 bits per heavy atom. The first-order chi connectivity index (χ1) is 18.1. The number of esters is 1. The fourth-order valence-corrected chi connectivity index (χ4v) is 4.56. The predicted octanol–water partition coefficient (Wildman–Crippen LogP) is 5.22. The summed E-state index contributed by atoms with van der Waals surface area (Å²) in [6, 6.07) is 19.1. The summed E-state index contributed by atoms with van der Waals surface area (Å²) in [6.45, 7) is 4.24. The molecule has 7 heteroatoms. The maximum absolute atomic E-state index is 14.6. The highest BCUT2D eigenvalue weighted by atomic mass is 19.1. The van der Waals surface area contributed by atoms with Crippen molar-refractivity contribution in [2.24, 2.45) is 0 Å². The van der Waals surface area contributed by atoms with E-state index in [1.807, 2.05) is 42.5 Å². The third kappa shape index (κ3) is 7.23. The zero-order valence-electron chi connectivity index (χ0n) is 21.2. The molecule has 4 rings (SSSR count). The van der Waals surface area contributed by atoms with E-state index in [1.54, 1.807) is 13.0 Å². The van der Waals surface area contributed by atoms with E-state index in [2.05, 4.69) is 11.0 Å². The smallest absolute Gasteiger partial charge is 0.306 e. The molecule has 0 bridgehead atoms. The molecule has 0 saturated heterocycles. The van der Waals surface area contributed by atoms with E-state index in [-0.39, 0.29) is 38.0 Å². The molecule has 0 aliphatic carbocycles. The topological polar surface area (TPSA) is 68.2 Å². The third-order valence-corrected chi connectivity index (χ3v) is 6.35. The molecule has 0 spiro atoms. The van der Waals surface area contributed by atoms with E-state index in [9.17, 15) is 9.18 Å². The van der Waals surface area contributed by atoms with Gasteiger partial charge in [-0.1, -0.05) is 36.4 Å². The van der Waals surface area contributed by atoms with Crippen LogP contribution in [0.15, 0.2) is 60.7 Å². The van der Waals surface area contributed by atoms with Gasteiger partial charge in [0.2, 0.25) is 0 Å². The van der Waals surface area contributed by atoms with Crippen LogP contribution >= 0.6 is 0 Å². The lowest BCUT2D eigenvalue weighted by molar-refractivity contribution is -0.143. The summed E-state index contributed by atoms with van der Waals surface area (Å²) in [4.78, 5) is 13.9. The lowest BCUT2D eigenvalue weighted by Crippen LogP contribution is -2.29. The summed E-state index contributed by atoms with van der Waals surface area (Å²) in [7, 11) is 0. The number of carbonyl (C=O) groups is 1. The molecule has 6 nitrogen and oxygen atoms in total. The number of aryl methyl sites for hydroxylation is 2. The zero-order chi connectivity index (χ0) is 26.0. The summed E-state index contributed by atoms with van der Waals surface area (Å²) in [6.07, 6.45) is 2.51. The second-order valence-corrected chi connectivity index (χ2v) is 9.02. The van der Waals surface area contributed by atoms with E-state index >= 15 is 0 Å². The zero-order valence-corrected chi connectivity index (χ0v) is 21.2. The molecule has 0 radical (unpaired) electrons. The van der Waals surface area contributed by atoms with E-state index < -0.39 is 0 Å².